The third-order valence-electron chi connectivity index (χ3n) is 6.05. The lowest BCUT2D eigenvalue weighted by Crippen LogP contribution is -2.29. The zero-order valence-electron chi connectivity index (χ0n) is 18.0. The minimum Gasteiger partial charge on any atom is -0.508 e. The second-order valence-corrected chi connectivity index (χ2v) is 8.10. The summed E-state index contributed by atoms with van der Waals surface area (Å²) in [5.74, 6) is -0.929. The van der Waals surface area contributed by atoms with Gasteiger partial charge in [-0.2, -0.15) is 0 Å². The summed E-state index contributed by atoms with van der Waals surface area (Å²) in [5.41, 5.74) is 3.28. The molecule has 1 atom stereocenters. The van der Waals surface area contributed by atoms with Gasteiger partial charge in [0.15, 0.2) is 11.5 Å². The van der Waals surface area contributed by atoms with Gasteiger partial charge in [-0.3, -0.25) is 14.5 Å². The maximum atomic E-state index is 13.2. The fraction of sp³-hybridized carbons (Fsp3) is 0.154. The Bertz CT molecular complexity index is 1340. The number of anilines is 1. The van der Waals surface area contributed by atoms with Crippen LogP contribution < -0.4 is 14.4 Å². The van der Waals surface area contributed by atoms with Crippen molar-refractivity contribution in [2.75, 3.05) is 11.7 Å². The first-order chi connectivity index (χ1) is 15.8. The van der Waals surface area contributed by atoms with Gasteiger partial charge in [-0.05, 0) is 73.0 Å². The molecule has 2 aliphatic heterocycles. The molecule has 0 aromatic heterocycles. The number of carbonyl (C=O) groups excluding carboxylic acids is 2. The molecule has 7 heteroatoms. The molecule has 0 radical (unpaired) electrons. The molecule has 1 amide bonds. The second kappa shape index (κ2) is 7.70. The van der Waals surface area contributed by atoms with Crippen LogP contribution in [0, 0.1) is 13.8 Å². The standard InChI is InChI=1S/C26H21NO6/c1-14-6-8-18(10-15(14)2)27-23(16-4-3-5-19(28)11-16)22(25(30)26(27)31)24(29)17-7-9-20-21(12-17)33-13-32-20/h3-12,23,28-29H,13H2,1-2H3/b24-22-. The van der Waals surface area contributed by atoms with E-state index in [9.17, 15) is 19.8 Å². The number of ketones is 1. The van der Waals surface area contributed by atoms with Crippen LogP contribution >= 0.6 is 0 Å². The molecular weight excluding hydrogens is 422 g/mol. The van der Waals surface area contributed by atoms with Crippen LogP contribution in [-0.4, -0.2) is 28.7 Å². The van der Waals surface area contributed by atoms with Crippen molar-refractivity contribution in [3.8, 4) is 17.2 Å². The number of carbonyl (C=O) groups is 2. The number of nitrogens with zero attached hydrogens (tertiary/aromatic N) is 1. The molecule has 5 rings (SSSR count). The summed E-state index contributed by atoms with van der Waals surface area (Å²) in [5, 5.41) is 21.3. The number of rotatable bonds is 3. The van der Waals surface area contributed by atoms with Crippen LogP contribution in [0.25, 0.3) is 5.76 Å². The molecule has 33 heavy (non-hydrogen) atoms. The van der Waals surface area contributed by atoms with Crippen LogP contribution in [0.15, 0.2) is 66.2 Å². The SMILES string of the molecule is Cc1ccc(N2C(=O)C(=O)/C(=C(\O)c3ccc4c(c3)OCO4)C2c2cccc(O)c2)cc1C. The number of Topliss-reactive ketones (excluding diaryl/α,β-unsaturated/α-hetero) is 1. The highest BCUT2D eigenvalue weighted by Crippen LogP contribution is 2.44. The largest absolute Gasteiger partial charge is 0.508 e. The molecule has 0 spiro atoms. The zero-order chi connectivity index (χ0) is 23.3. The lowest BCUT2D eigenvalue weighted by molar-refractivity contribution is -0.132. The van der Waals surface area contributed by atoms with E-state index >= 15 is 0 Å². The Hall–Kier alpha value is -4.26. The summed E-state index contributed by atoms with van der Waals surface area (Å²) in [6.07, 6.45) is 0. The minimum absolute atomic E-state index is 0.0127. The Labute approximate surface area is 190 Å². The van der Waals surface area contributed by atoms with E-state index in [1.54, 1.807) is 36.4 Å². The maximum Gasteiger partial charge on any atom is 0.300 e. The summed E-state index contributed by atoms with van der Waals surface area (Å²) in [4.78, 5) is 27.8. The molecule has 166 valence electrons. The maximum absolute atomic E-state index is 13.2. The lowest BCUT2D eigenvalue weighted by atomic mass is 9.94. The molecule has 2 heterocycles. The molecule has 3 aromatic rings. The van der Waals surface area contributed by atoms with Crippen LogP contribution in [0.2, 0.25) is 0 Å². The minimum atomic E-state index is -0.926. The molecular formula is C26H21NO6. The van der Waals surface area contributed by atoms with Crippen LogP contribution in [0.3, 0.4) is 0 Å². The predicted octanol–water partition coefficient (Wildman–Crippen LogP) is 4.36. The van der Waals surface area contributed by atoms with Crippen molar-refractivity contribution in [3.63, 3.8) is 0 Å². The van der Waals surface area contributed by atoms with Gasteiger partial charge in [0.25, 0.3) is 11.7 Å². The van der Waals surface area contributed by atoms with E-state index in [1.165, 1.54) is 17.0 Å². The van der Waals surface area contributed by atoms with Crippen LogP contribution in [0.4, 0.5) is 5.69 Å². The number of aromatic hydroxyl groups is 1. The molecule has 0 bridgehead atoms. The number of phenolic OH excluding ortho intramolecular Hbond substituents is 1. The van der Waals surface area contributed by atoms with Gasteiger partial charge < -0.3 is 19.7 Å². The molecule has 0 saturated carbocycles. The highest BCUT2D eigenvalue weighted by atomic mass is 16.7. The van der Waals surface area contributed by atoms with Crippen molar-refractivity contribution in [3.05, 3.63) is 88.5 Å². The Kier molecular flexibility index (Phi) is 4.82. The molecule has 1 saturated heterocycles. The summed E-state index contributed by atoms with van der Waals surface area (Å²) in [7, 11) is 0. The number of hydrogen-bond acceptors (Lipinski definition) is 6. The van der Waals surface area contributed by atoms with E-state index in [2.05, 4.69) is 0 Å². The molecule has 0 aliphatic carbocycles. The molecule has 7 nitrogen and oxygen atoms in total. The molecule has 1 unspecified atom stereocenters. The number of hydrogen-bond donors (Lipinski definition) is 2. The van der Waals surface area contributed by atoms with E-state index in [-0.39, 0.29) is 23.9 Å². The molecule has 3 aromatic carbocycles. The first-order valence-corrected chi connectivity index (χ1v) is 10.4. The molecule has 2 N–H and O–H groups in total. The Balaban J connectivity index is 1.72. The number of amides is 1. The van der Waals surface area contributed by atoms with Crippen LogP contribution in [0.5, 0.6) is 17.2 Å². The molecule has 1 fully saturated rings. The van der Waals surface area contributed by atoms with Crippen molar-refractivity contribution in [1.29, 1.82) is 0 Å². The van der Waals surface area contributed by atoms with Gasteiger partial charge >= 0.3 is 0 Å². The number of aliphatic hydroxyl groups is 1. The van der Waals surface area contributed by atoms with Gasteiger partial charge in [0.1, 0.15) is 11.5 Å². The van der Waals surface area contributed by atoms with Crippen LogP contribution in [-0.2, 0) is 9.59 Å². The number of fused-ring (bicyclic) bond motifs is 1. The van der Waals surface area contributed by atoms with E-state index in [0.717, 1.165) is 11.1 Å². The lowest BCUT2D eigenvalue weighted by Gasteiger charge is -2.26. The van der Waals surface area contributed by atoms with Gasteiger partial charge in [-0.25, -0.2) is 0 Å². The van der Waals surface area contributed by atoms with Crippen LogP contribution in [0.1, 0.15) is 28.3 Å². The smallest absolute Gasteiger partial charge is 0.300 e. The average Bonchev–Trinajstić information content (AvgIpc) is 3.37. The normalized spacial score (nSPS) is 18.7. The zero-order valence-corrected chi connectivity index (χ0v) is 18.0. The summed E-state index contributed by atoms with van der Waals surface area (Å²) < 4.78 is 10.7. The average molecular weight is 443 g/mol. The number of ether oxygens (including phenoxy) is 2. The summed E-state index contributed by atoms with van der Waals surface area (Å²) >= 11 is 0. The fourth-order valence-corrected chi connectivity index (χ4v) is 4.18. The summed E-state index contributed by atoms with van der Waals surface area (Å²) in [6.45, 7) is 3.95. The number of aryl methyl sites for hydroxylation is 2. The first kappa shape index (κ1) is 20.6. The third kappa shape index (κ3) is 3.38. The monoisotopic (exact) mass is 443 g/mol. The van der Waals surface area contributed by atoms with Gasteiger partial charge in [0, 0.05) is 11.3 Å². The van der Waals surface area contributed by atoms with Crippen molar-refractivity contribution in [2.24, 2.45) is 0 Å². The first-order valence-electron chi connectivity index (χ1n) is 10.4. The Morgan fingerprint density at radius 3 is 2.48 bits per heavy atom. The highest BCUT2D eigenvalue weighted by Gasteiger charge is 2.47. The van der Waals surface area contributed by atoms with Crippen molar-refractivity contribution in [2.45, 2.75) is 19.9 Å². The third-order valence-corrected chi connectivity index (χ3v) is 6.05. The Morgan fingerprint density at radius 1 is 0.939 bits per heavy atom. The van der Waals surface area contributed by atoms with Gasteiger partial charge in [0.2, 0.25) is 6.79 Å². The van der Waals surface area contributed by atoms with Gasteiger partial charge in [-0.15, -0.1) is 0 Å². The Morgan fingerprint density at radius 2 is 1.73 bits per heavy atom. The highest BCUT2D eigenvalue weighted by molar-refractivity contribution is 6.51. The topological polar surface area (TPSA) is 96.3 Å². The predicted molar refractivity (Wildman–Crippen MR) is 121 cm³/mol. The fourth-order valence-electron chi connectivity index (χ4n) is 4.18. The number of benzene rings is 3. The number of aliphatic hydroxyl groups excluding tert-OH is 1. The van der Waals surface area contributed by atoms with E-state index in [1.807, 2.05) is 26.0 Å². The van der Waals surface area contributed by atoms with Gasteiger partial charge in [-0.1, -0.05) is 18.2 Å². The van der Waals surface area contributed by atoms with Crippen molar-refractivity contribution in [1.82, 2.24) is 0 Å². The summed E-state index contributed by atoms with van der Waals surface area (Å²) in [6, 6.07) is 15.7. The van der Waals surface area contributed by atoms with E-state index in [0.29, 0.717) is 28.3 Å². The van der Waals surface area contributed by atoms with Crippen molar-refractivity contribution >= 4 is 23.1 Å². The van der Waals surface area contributed by atoms with Crippen molar-refractivity contribution < 1.29 is 29.3 Å². The van der Waals surface area contributed by atoms with Gasteiger partial charge in [0.05, 0.1) is 11.6 Å². The quantitative estimate of drug-likeness (QED) is 0.355. The van der Waals surface area contributed by atoms with E-state index < -0.39 is 17.7 Å². The van der Waals surface area contributed by atoms with E-state index in [4.69, 9.17) is 9.47 Å². The number of phenols is 1. The second-order valence-electron chi connectivity index (χ2n) is 8.10. The molecule has 2 aliphatic rings.